The van der Waals surface area contributed by atoms with Crippen LogP contribution in [0.25, 0.3) is 0 Å². The zero-order chi connectivity index (χ0) is 14.8. The van der Waals surface area contributed by atoms with Crippen LogP contribution in [0.2, 0.25) is 0 Å². The van der Waals surface area contributed by atoms with Crippen LogP contribution in [-0.2, 0) is 15.1 Å². The van der Waals surface area contributed by atoms with Crippen molar-refractivity contribution in [3.8, 4) is 0 Å². The highest BCUT2D eigenvalue weighted by Gasteiger charge is 2.46. The quantitative estimate of drug-likeness (QED) is 0.858. The van der Waals surface area contributed by atoms with Crippen LogP contribution in [0.3, 0.4) is 0 Å². The summed E-state index contributed by atoms with van der Waals surface area (Å²) in [4.78, 5) is 12.2. The number of fused-ring (bicyclic) bond motifs is 1. The Kier molecular flexibility index (Phi) is 4.48. The molecule has 0 amide bonds. The number of carbonyl (C=O) groups excluding carboxylic acids is 1. The van der Waals surface area contributed by atoms with Crippen molar-refractivity contribution in [1.82, 2.24) is 0 Å². The first-order valence-corrected chi connectivity index (χ1v) is 7.53. The second kappa shape index (κ2) is 5.96. The molecule has 1 N–H and O–H groups in total. The third-order valence-corrected chi connectivity index (χ3v) is 4.47. The average molecular weight is 276 g/mol. The Morgan fingerprint density at radius 1 is 1.45 bits per heavy atom. The number of hydrogen-bond donors (Lipinski definition) is 1. The lowest BCUT2D eigenvalue weighted by molar-refractivity contribution is -0.161. The predicted octanol–water partition coefficient (Wildman–Crippen LogP) is 3.36. The van der Waals surface area contributed by atoms with Gasteiger partial charge < -0.3 is 9.84 Å². The van der Waals surface area contributed by atoms with E-state index in [1.807, 2.05) is 25.1 Å². The van der Waals surface area contributed by atoms with Gasteiger partial charge in [-0.2, -0.15) is 0 Å². The number of ether oxygens (including phenoxy) is 1. The van der Waals surface area contributed by atoms with Crippen molar-refractivity contribution in [2.45, 2.75) is 51.6 Å². The van der Waals surface area contributed by atoms with Gasteiger partial charge in [-0.05, 0) is 43.2 Å². The van der Waals surface area contributed by atoms with Gasteiger partial charge in [0.1, 0.15) is 5.60 Å². The molecule has 0 radical (unpaired) electrons. The maximum Gasteiger partial charge on any atom is 0.312 e. The lowest BCUT2D eigenvalue weighted by Gasteiger charge is -2.41. The van der Waals surface area contributed by atoms with Crippen LogP contribution in [0, 0.1) is 5.92 Å². The van der Waals surface area contributed by atoms with Crippen molar-refractivity contribution in [1.29, 1.82) is 0 Å². The highest BCUT2D eigenvalue weighted by Crippen LogP contribution is 2.46. The highest BCUT2D eigenvalue weighted by atomic mass is 16.5. The van der Waals surface area contributed by atoms with E-state index in [4.69, 9.17) is 4.74 Å². The van der Waals surface area contributed by atoms with Crippen molar-refractivity contribution in [3.05, 3.63) is 35.4 Å². The fourth-order valence-electron chi connectivity index (χ4n) is 3.35. The summed E-state index contributed by atoms with van der Waals surface area (Å²) < 4.78 is 5.16. The molecule has 3 heteroatoms. The van der Waals surface area contributed by atoms with E-state index in [1.54, 1.807) is 6.92 Å². The Bertz CT molecular complexity index is 483. The molecule has 1 aliphatic rings. The summed E-state index contributed by atoms with van der Waals surface area (Å²) in [6.07, 6.45) is 2.09. The Labute approximate surface area is 121 Å². The molecule has 110 valence electrons. The largest absolute Gasteiger partial charge is 0.466 e. The van der Waals surface area contributed by atoms with E-state index in [-0.39, 0.29) is 5.97 Å². The molecule has 2 rings (SSSR count). The second-order valence-electron chi connectivity index (χ2n) is 5.66. The van der Waals surface area contributed by atoms with E-state index in [2.05, 4.69) is 13.0 Å². The van der Waals surface area contributed by atoms with Gasteiger partial charge in [0.25, 0.3) is 0 Å². The van der Waals surface area contributed by atoms with E-state index in [9.17, 15) is 9.90 Å². The first-order chi connectivity index (χ1) is 9.54. The molecule has 0 saturated carbocycles. The normalized spacial score (nSPS) is 26.7. The summed E-state index contributed by atoms with van der Waals surface area (Å²) in [5.74, 6) is -0.357. The average Bonchev–Trinajstić information content (AvgIpc) is 2.45. The molecule has 3 atom stereocenters. The van der Waals surface area contributed by atoms with E-state index in [0.717, 1.165) is 17.5 Å². The summed E-state index contributed by atoms with van der Waals surface area (Å²) in [7, 11) is 0. The van der Waals surface area contributed by atoms with Gasteiger partial charge in [-0.3, -0.25) is 4.79 Å². The van der Waals surface area contributed by atoms with Crippen LogP contribution in [0.5, 0.6) is 0 Å². The van der Waals surface area contributed by atoms with Crippen molar-refractivity contribution >= 4 is 5.97 Å². The molecule has 0 bridgehead atoms. The van der Waals surface area contributed by atoms with Crippen LogP contribution >= 0.6 is 0 Å². The molecule has 1 aliphatic carbocycles. The third-order valence-electron chi connectivity index (χ3n) is 4.47. The van der Waals surface area contributed by atoms with Gasteiger partial charge in [0, 0.05) is 0 Å². The monoisotopic (exact) mass is 276 g/mol. The van der Waals surface area contributed by atoms with Crippen LogP contribution in [0.4, 0.5) is 0 Å². The molecule has 0 aliphatic heterocycles. The molecule has 0 fully saturated rings. The van der Waals surface area contributed by atoms with Crippen molar-refractivity contribution < 1.29 is 14.6 Å². The van der Waals surface area contributed by atoms with Gasteiger partial charge in [-0.15, -0.1) is 0 Å². The molecular formula is C17H24O3. The SMILES string of the molecule is CCOC(=O)C(CC)C1(O)CCC(C)c2ccccc21. The van der Waals surface area contributed by atoms with Gasteiger partial charge in [-0.25, -0.2) is 0 Å². The van der Waals surface area contributed by atoms with E-state index < -0.39 is 11.5 Å². The van der Waals surface area contributed by atoms with Gasteiger partial charge in [0.05, 0.1) is 12.5 Å². The van der Waals surface area contributed by atoms with Crippen LogP contribution < -0.4 is 0 Å². The molecule has 1 aromatic rings. The zero-order valence-electron chi connectivity index (χ0n) is 12.6. The number of benzene rings is 1. The van der Waals surface area contributed by atoms with Crippen LogP contribution in [0.1, 0.15) is 57.1 Å². The first-order valence-electron chi connectivity index (χ1n) is 7.53. The molecule has 0 heterocycles. The van der Waals surface area contributed by atoms with Crippen molar-refractivity contribution in [2.24, 2.45) is 5.92 Å². The molecular weight excluding hydrogens is 252 g/mol. The molecule has 3 nitrogen and oxygen atoms in total. The Morgan fingerprint density at radius 3 is 2.80 bits per heavy atom. The maximum atomic E-state index is 12.2. The van der Waals surface area contributed by atoms with Crippen molar-refractivity contribution in [3.63, 3.8) is 0 Å². The number of carbonyl (C=O) groups is 1. The number of esters is 1. The van der Waals surface area contributed by atoms with E-state index in [0.29, 0.717) is 25.4 Å². The fourth-order valence-corrected chi connectivity index (χ4v) is 3.35. The first kappa shape index (κ1) is 15.0. The number of hydrogen-bond acceptors (Lipinski definition) is 3. The number of aliphatic hydroxyl groups is 1. The summed E-state index contributed by atoms with van der Waals surface area (Å²) in [5, 5.41) is 11.2. The van der Waals surface area contributed by atoms with E-state index >= 15 is 0 Å². The minimum atomic E-state index is -1.09. The highest BCUT2D eigenvalue weighted by molar-refractivity contribution is 5.74. The van der Waals surface area contributed by atoms with Gasteiger partial charge >= 0.3 is 5.97 Å². The summed E-state index contributed by atoms with van der Waals surface area (Å²) in [6, 6.07) is 7.93. The molecule has 0 aromatic heterocycles. The lowest BCUT2D eigenvalue weighted by Crippen LogP contribution is -2.43. The minimum Gasteiger partial charge on any atom is -0.466 e. The summed E-state index contributed by atoms with van der Waals surface area (Å²) in [6.45, 7) is 6.25. The Morgan fingerprint density at radius 2 is 2.15 bits per heavy atom. The topological polar surface area (TPSA) is 46.5 Å². The maximum absolute atomic E-state index is 12.2. The smallest absolute Gasteiger partial charge is 0.312 e. The Hall–Kier alpha value is -1.35. The molecule has 1 aromatic carbocycles. The lowest BCUT2D eigenvalue weighted by atomic mass is 9.68. The fraction of sp³-hybridized carbons (Fsp3) is 0.588. The van der Waals surface area contributed by atoms with Crippen LogP contribution in [-0.4, -0.2) is 17.7 Å². The minimum absolute atomic E-state index is 0.290. The summed E-state index contributed by atoms with van der Waals surface area (Å²) >= 11 is 0. The van der Waals surface area contributed by atoms with E-state index in [1.165, 1.54) is 0 Å². The number of rotatable bonds is 4. The standard InChI is InChI=1S/C17H24O3/c1-4-14(16(18)20-5-2)17(19)11-10-12(3)13-8-6-7-9-15(13)17/h6-9,12,14,19H,4-5,10-11H2,1-3H3. The third kappa shape index (κ3) is 2.47. The summed E-state index contributed by atoms with van der Waals surface area (Å²) in [5.41, 5.74) is 0.965. The second-order valence-corrected chi connectivity index (χ2v) is 5.66. The Balaban J connectivity index is 2.43. The van der Waals surface area contributed by atoms with Gasteiger partial charge in [0.15, 0.2) is 0 Å². The molecule has 0 spiro atoms. The molecule has 3 unspecified atom stereocenters. The van der Waals surface area contributed by atoms with Crippen LogP contribution in [0.15, 0.2) is 24.3 Å². The molecule has 20 heavy (non-hydrogen) atoms. The predicted molar refractivity (Wildman–Crippen MR) is 78.4 cm³/mol. The van der Waals surface area contributed by atoms with Gasteiger partial charge in [-0.1, -0.05) is 38.1 Å². The zero-order valence-corrected chi connectivity index (χ0v) is 12.6. The molecule has 0 saturated heterocycles. The van der Waals surface area contributed by atoms with Gasteiger partial charge in [0.2, 0.25) is 0 Å². The van der Waals surface area contributed by atoms with Crippen molar-refractivity contribution in [2.75, 3.05) is 6.61 Å².